The van der Waals surface area contributed by atoms with Gasteiger partial charge in [-0.3, -0.25) is 4.98 Å². The van der Waals surface area contributed by atoms with Crippen molar-refractivity contribution in [2.75, 3.05) is 12.4 Å². The summed E-state index contributed by atoms with van der Waals surface area (Å²) in [6, 6.07) is 9.40. The van der Waals surface area contributed by atoms with Gasteiger partial charge in [-0.05, 0) is 30.3 Å². The molecule has 0 fully saturated rings. The van der Waals surface area contributed by atoms with Crippen LogP contribution in [0.15, 0.2) is 42.6 Å². The van der Waals surface area contributed by atoms with Crippen LogP contribution in [0.5, 0.6) is 0 Å². The lowest BCUT2D eigenvalue weighted by atomic mass is 10.2. The van der Waals surface area contributed by atoms with E-state index in [2.05, 4.69) is 15.0 Å². The van der Waals surface area contributed by atoms with Crippen molar-refractivity contribution in [2.45, 2.75) is 6.54 Å². The highest BCUT2D eigenvalue weighted by molar-refractivity contribution is 5.90. The van der Waals surface area contributed by atoms with E-state index in [-0.39, 0.29) is 5.82 Å². The quantitative estimate of drug-likeness (QED) is 0.858. The van der Waals surface area contributed by atoms with Gasteiger partial charge in [-0.15, -0.1) is 0 Å². The monoisotopic (exact) mass is 260 g/mol. The first-order valence-electron chi connectivity index (χ1n) is 5.72. The Morgan fingerprint density at radius 1 is 1.37 bits per heavy atom. The molecule has 0 unspecified atom stereocenters. The molecule has 1 aromatic heterocycles. The summed E-state index contributed by atoms with van der Waals surface area (Å²) in [4.78, 5) is 15.7. The zero-order chi connectivity index (χ0) is 13.7. The standard InChI is InChI=1S/C14H13FN2O2/c1-19-14(18)12-6-3-7-16-13(12)9-17-11-5-2-4-10(15)8-11/h2-8,17H,9H2,1H3. The highest BCUT2D eigenvalue weighted by Gasteiger charge is 2.11. The fourth-order valence-electron chi connectivity index (χ4n) is 1.66. The van der Waals surface area contributed by atoms with Gasteiger partial charge in [0.05, 0.1) is 24.9 Å². The van der Waals surface area contributed by atoms with Crippen LogP contribution in [0.25, 0.3) is 0 Å². The second-order valence-electron chi connectivity index (χ2n) is 3.85. The van der Waals surface area contributed by atoms with Gasteiger partial charge in [0.2, 0.25) is 0 Å². The zero-order valence-corrected chi connectivity index (χ0v) is 10.4. The molecule has 0 saturated heterocycles. The lowest BCUT2D eigenvalue weighted by molar-refractivity contribution is 0.0599. The van der Waals surface area contributed by atoms with Crippen molar-refractivity contribution < 1.29 is 13.9 Å². The molecular weight excluding hydrogens is 247 g/mol. The summed E-state index contributed by atoms with van der Waals surface area (Å²) in [6.07, 6.45) is 1.59. The summed E-state index contributed by atoms with van der Waals surface area (Å²) in [6.45, 7) is 0.314. The number of ether oxygens (including phenoxy) is 1. The summed E-state index contributed by atoms with van der Waals surface area (Å²) in [5.41, 5.74) is 1.58. The predicted molar refractivity (Wildman–Crippen MR) is 69.3 cm³/mol. The molecule has 5 heteroatoms. The molecule has 1 aromatic carbocycles. The normalized spacial score (nSPS) is 10.0. The van der Waals surface area contributed by atoms with E-state index in [1.165, 1.54) is 19.2 Å². The summed E-state index contributed by atoms with van der Waals surface area (Å²) < 4.78 is 17.7. The molecule has 1 heterocycles. The largest absolute Gasteiger partial charge is 0.465 e. The number of nitrogens with zero attached hydrogens (tertiary/aromatic N) is 1. The van der Waals surface area contributed by atoms with E-state index >= 15 is 0 Å². The third kappa shape index (κ3) is 3.28. The van der Waals surface area contributed by atoms with Crippen LogP contribution in [0.2, 0.25) is 0 Å². The summed E-state index contributed by atoms with van der Waals surface area (Å²) in [5, 5.41) is 3.01. The van der Waals surface area contributed by atoms with Gasteiger partial charge < -0.3 is 10.1 Å². The Bertz CT molecular complexity index is 587. The third-order valence-electron chi connectivity index (χ3n) is 2.58. The van der Waals surface area contributed by atoms with E-state index in [1.54, 1.807) is 30.5 Å². The Labute approximate surface area is 110 Å². The minimum absolute atomic E-state index is 0.314. The van der Waals surface area contributed by atoms with Gasteiger partial charge in [-0.25, -0.2) is 9.18 Å². The SMILES string of the molecule is COC(=O)c1cccnc1CNc1cccc(F)c1. The zero-order valence-electron chi connectivity index (χ0n) is 10.4. The Morgan fingerprint density at radius 2 is 2.21 bits per heavy atom. The fourth-order valence-corrected chi connectivity index (χ4v) is 1.66. The van der Waals surface area contributed by atoms with Gasteiger partial charge in [-0.2, -0.15) is 0 Å². The second-order valence-corrected chi connectivity index (χ2v) is 3.85. The number of benzene rings is 1. The highest BCUT2D eigenvalue weighted by Crippen LogP contribution is 2.12. The van der Waals surface area contributed by atoms with Crippen molar-refractivity contribution in [1.82, 2.24) is 4.98 Å². The highest BCUT2D eigenvalue weighted by atomic mass is 19.1. The molecule has 0 aliphatic carbocycles. The number of nitrogens with one attached hydrogen (secondary N) is 1. The smallest absolute Gasteiger partial charge is 0.339 e. The molecule has 0 bridgehead atoms. The number of aromatic nitrogens is 1. The Hall–Kier alpha value is -2.43. The first kappa shape index (κ1) is 13.0. The maximum absolute atomic E-state index is 13.0. The van der Waals surface area contributed by atoms with E-state index in [0.717, 1.165) is 0 Å². The molecule has 2 aromatic rings. The average molecular weight is 260 g/mol. The first-order valence-corrected chi connectivity index (χ1v) is 5.72. The van der Waals surface area contributed by atoms with Crippen molar-refractivity contribution in [2.24, 2.45) is 0 Å². The van der Waals surface area contributed by atoms with E-state index in [0.29, 0.717) is 23.5 Å². The van der Waals surface area contributed by atoms with Gasteiger partial charge in [0, 0.05) is 11.9 Å². The molecule has 0 aliphatic rings. The van der Waals surface area contributed by atoms with Crippen LogP contribution >= 0.6 is 0 Å². The van der Waals surface area contributed by atoms with E-state index in [1.807, 2.05) is 0 Å². The number of hydrogen-bond acceptors (Lipinski definition) is 4. The van der Waals surface area contributed by atoms with Gasteiger partial charge in [0.15, 0.2) is 0 Å². The van der Waals surface area contributed by atoms with Gasteiger partial charge in [0.1, 0.15) is 5.82 Å². The van der Waals surface area contributed by atoms with Crippen LogP contribution in [0.4, 0.5) is 10.1 Å². The number of esters is 1. The Morgan fingerprint density at radius 3 is 2.95 bits per heavy atom. The van der Waals surface area contributed by atoms with Crippen molar-refractivity contribution in [3.8, 4) is 0 Å². The average Bonchev–Trinajstić information content (AvgIpc) is 2.45. The number of anilines is 1. The first-order chi connectivity index (χ1) is 9.20. The molecule has 0 spiro atoms. The minimum atomic E-state index is -0.441. The summed E-state index contributed by atoms with van der Waals surface area (Å²) >= 11 is 0. The predicted octanol–water partition coefficient (Wildman–Crippen LogP) is 2.62. The Balaban J connectivity index is 2.13. The maximum Gasteiger partial charge on any atom is 0.339 e. The molecule has 0 amide bonds. The van der Waals surface area contributed by atoms with Crippen LogP contribution < -0.4 is 5.32 Å². The van der Waals surface area contributed by atoms with Crippen molar-refractivity contribution in [3.63, 3.8) is 0 Å². The number of carbonyl (C=O) groups is 1. The van der Waals surface area contributed by atoms with Gasteiger partial charge in [-0.1, -0.05) is 6.07 Å². The van der Waals surface area contributed by atoms with Crippen LogP contribution in [0.3, 0.4) is 0 Å². The van der Waals surface area contributed by atoms with Gasteiger partial charge in [0.25, 0.3) is 0 Å². The number of halogens is 1. The lowest BCUT2D eigenvalue weighted by Gasteiger charge is -2.09. The molecule has 19 heavy (non-hydrogen) atoms. The second kappa shape index (κ2) is 5.95. The van der Waals surface area contributed by atoms with Crippen LogP contribution in [0.1, 0.15) is 16.1 Å². The summed E-state index contributed by atoms with van der Waals surface area (Å²) in [5.74, 6) is -0.761. The third-order valence-corrected chi connectivity index (χ3v) is 2.58. The molecule has 0 atom stereocenters. The number of carbonyl (C=O) groups excluding carboxylic acids is 1. The topological polar surface area (TPSA) is 51.2 Å². The van der Waals surface area contributed by atoms with Crippen LogP contribution in [-0.2, 0) is 11.3 Å². The Kier molecular flexibility index (Phi) is 4.07. The number of hydrogen-bond donors (Lipinski definition) is 1. The van der Waals surface area contributed by atoms with Crippen molar-refractivity contribution >= 4 is 11.7 Å². The maximum atomic E-state index is 13.0. The molecule has 0 radical (unpaired) electrons. The van der Waals surface area contributed by atoms with E-state index < -0.39 is 5.97 Å². The molecule has 98 valence electrons. The summed E-state index contributed by atoms with van der Waals surface area (Å²) in [7, 11) is 1.32. The van der Waals surface area contributed by atoms with Gasteiger partial charge >= 0.3 is 5.97 Å². The number of methoxy groups -OCH3 is 1. The van der Waals surface area contributed by atoms with Crippen LogP contribution in [-0.4, -0.2) is 18.1 Å². The molecule has 1 N–H and O–H groups in total. The molecular formula is C14H13FN2O2. The van der Waals surface area contributed by atoms with Crippen molar-refractivity contribution in [3.05, 3.63) is 59.7 Å². The number of rotatable bonds is 4. The molecule has 4 nitrogen and oxygen atoms in total. The van der Waals surface area contributed by atoms with E-state index in [9.17, 15) is 9.18 Å². The lowest BCUT2D eigenvalue weighted by Crippen LogP contribution is -2.10. The number of pyridine rings is 1. The molecule has 0 aliphatic heterocycles. The van der Waals surface area contributed by atoms with Crippen LogP contribution in [0, 0.1) is 5.82 Å². The minimum Gasteiger partial charge on any atom is -0.465 e. The molecule has 2 rings (SSSR count). The van der Waals surface area contributed by atoms with E-state index in [4.69, 9.17) is 0 Å². The van der Waals surface area contributed by atoms with Crippen molar-refractivity contribution in [1.29, 1.82) is 0 Å². The fraction of sp³-hybridized carbons (Fsp3) is 0.143. The molecule has 0 saturated carbocycles.